The molecule has 1 atom stereocenters. The second-order valence-corrected chi connectivity index (χ2v) is 9.90. The highest BCUT2D eigenvalue weighted by molar-refractivity contribution is 7.92. The van der Waals surface area contributed by atoms with Gasteiger partial charge in [-0.25, -0.2) is 28.5 Å². The lowest BCUT2D eigenvalue weighted by Crippen LogP contribution is -2.06. The molecule has 1 aliphatic carbocycles. The average molecular weight is 449 g/mol. The average Bonchev–Trinajstić information content (AvgIpc) is 3.42. The third-order valence-corrected chi connectivity index (χ3v) is 7.21. The quantitative estimate of drug-likeness (QED) is 0.507. The van der Waals surface area contributed by atoms with E-state index in [1.165, 1.54) is 4.57 Å². The molecule has 8 nitrogen and oxygen atoms in total. The van der Waals surface area contributed by atoms with Crippen molar-refractivity contribution in [3.8, 4) is 11.4 Å². The van der Waals surface area contributed by atoms with E-state index in [0.29, 0.717) is 17.1 Å². The molecule has 0 spiro atoms. The number of fused-ring (bicyclic) bond motifs is 2. The standard InChI is InChI=1S/C19H18F3N7OS/c1-3-31(23,30)18-14(16-24-7-6-13(10-4-5-10)29(16)27-18)17-26-12-8-11(19(20,21)22)9-25-15(12)28(17)2/h6-10,23H,3-5H2,1-2H3/t31-/m0/s1. The fourth-order valence-electron chi connectivity index (χ4n) is 3.65. The maximum atomic E-state index is 13.1. The number of imidazole rings is 1. The van der Waals surface area contributed by atoms with Crippen LogP contribution in [0.25, 0.3) is 28.2 Å². The van der Waals surface area contributed by atoms with Crippen LogP contribution >= 0.6 is 0 Å². The highest BCUT2D eigenvalue weighted by Gasteiger charge is 2.34. The number of nitrogens with one attached hydrogen (secondary N) is 1. The molecular weight excluding hydrogens is 431 g/mol. The molecule has 0 unspecified atom stereocenters. The van der Waals surface area contributed by atoms with Gasteiger partial charge in [0.05, 0.1) is 20.9 Å². The number of nitrogens with zero attached hydrogens (tertiary/aromatic N) is 6. The van der Waals surface area contributed by atoms with Crippen molar-refractivity contribution in [1.29, 1.82) is 4.78 Å². The van der Waals surface area contributed by atoms with Crippen LogP contribution in [-0.4, -0.2) is 39.1 Å². The minimum Gasteiger partial charge on any atom is -0.312 e. The molecule has 1 aliphatic rings. The first-order valence-corrected chi connectivity index (χ1v) is 11.4. The van der Waals surface area contributed by atoms with Gasteiger partial charge in [0.15, 0.2) is 16.3 Å². The molecule has 5 rings (SSSR count). The van der Waals surface area contributed by atoms with Gasteiger partial charge in [0.1, 0.15) is 11.3 Å². The molecule has 31 heavy (non-hydrogen) atoms. The summed E-state index contributed by atoms with van der Waals surface area (Å²) in [6.45, 7) is 1.63. The minimum absolute atomic E-state index is 0.0308. The number of alkyl halides is 3. The van der Waals surface area contributed by atoms with Crippen LogP contribution in [0.15, 0.2) is 29.6 Å². The van der Waals surface area contributed by atoms with Gasteiger partial charge in [-0.05, 0) is 25.0 Å². The first kappa shape index (κ1) is 19.9. The number of pyridine rings is 1. The Hall–Kier alpha value is -3.02. The highest BCUT2D eigenvalue weighted by Crippen LogP contribution is 2.41. The van der Waals surface area contributed by atoms with Crippen molar-refractivity contribution in [1.82, 2.24) is 29.1 Å². The lowest BCUT2D eigenvalue weighted by atomic mass is 10.2. The zero-order valence-corrected chi connectivity index (χ0v) is 17.5. The van der Waals surface area contributed by atoms with Crippen molar-refractivity contribution in [3.63, 3.8) is 0 Å². The predicted molar refractivity (Wildman–Crippen MR) is 107 cm³/mol. The van der Waals surface area contributed by atoms with Gasteiger partial charge >= 0.3 is 6.18 Å². The van der Waals surface area contributed by atoms with Crippen molar-refractivity contribution in [2.45, 2.75) is 36.9 Å². The maximum absolute atomic E-state index is 13.1. The lowest BCUT2D eigenvalue weighted by Gasteiger charge is -2.06. The van der Waals surface area contributed by atoms with Crippen molar-refractivity contribution >= 4 is 26.5 Å². The van der Waals surface area contributed by atoms with Gasteiger partial charge in [-0.15, -0.1) is 0 Å². The Bertz CT molecular complexity index is 1450. The van der Waals surface area contributed by atoms with Crippen molar-refractivity contribution in [2.75, 3.05) is 5.75 Å². The molecule has 1 fully saturated rings. The summed E-state index contributed by atoms with van der Waals surface area (Å²) in [5.74, 6) is 0.565. The summed E-state index contributed by atoms with van der Waals surface area (Å²) in [5, 5.41) is 4.53. The van der Waals surface area contributed by atoms with Crippen LogP contribution in [0.4, 0.5) is 13.2 Å². The van der Waals surface area contributed by atoms with E-state index in [-0.39, 0.29) is 27.8 Å². The van der Waals surface area contributed by atoms with Crippen LogP contribution in [0.1, 0.15) is 36.9 Å². The summed E-state index contributed by atoms with van der Waals surface area (Å²) >= 11 is 0. The van der Waals surface area contributed by atoms with Crippen LogP contribution < -0.4 is 0 Å². The molecular formula is C19H18F3N7OS. The zero-order chi connectivity index (χ0) is 22.1. The third kappa shape index (κ3) is 3.08. The van der Waals surface area contributed by atoms with Gasteiger partial charge in [0.25, 0.3) is 0 Å². The van der Waals surface area contributed by atoms with E-state index in [4.69, 9.17) is 4.78 Å². The van der Waals surface area contributed by atoms with Crippen LogP contribution in [0.5, 0.6) is 0 Å². The predicted octanol–water partition coefficient (Wildman–Crippen LogP) is 4.00. The molecule has 1 saturated carbocycles. The molecule has 0 amide bonds. The first-order chi connectivity index (χ1) is 14.6. The largest absolute Gasteiger partial charge is 0.417 e. The fourth-order valence-corrected chi connectivity index (χ4v) is 4.65. The summed E-state index contributed by atoms with van der Waals surface area (Å²) in [4.78, 5) is 12.7. The van der Waals surface area contributed by atoms with E-state index in [9.17, 15) is 17.4 Å². The zero-order valence-electron chi connectivity index (χ0n) is 16.6. The number of rotatable bonds is 4. The van der Waals surface area contributed by atoms with Crippen LogP contribution in [-0.2, 0) is 23.0 Å². The molecule has 0 radical (unpaired) electrons. The first-order valence-electron chi connectivity index (χ1n) is 9.66. The van der Waals surface area contributed by atoms with Gasteiger partial charge in [-0.3, -0.25) is 0 Å². The van der Waals surface area contributed by atoms with Gasteiger partial charge in [0.2, 0.25) is 0 Å². The molecule has 0 saturated heterocycles. The second-order valence-electron chi connectivity index (χ2n) is 7.58. The van der Waals surface area contributed by atoms with E-state index in [1.807, 2.05) is 6.07 Å². The monoisotopic (exact) mass is 449 g/mol. The minimum atomic E-state index is -4.55. The van der Waals surface area contributed by atoms with E-state index >= 15 is 0 Å². The smallest absolute Gasteiger partial charge is 0.312 e. The highest BCUT2D eigenvalue weighted by atomic mass is 32.2. The fraction of sp³-hybridized carbons (Fsp3) is 0.368. The number of hydrogen-bond acceptors (Lipinski definition) is 6. The van der Waals surface area contributed by atoms with E-state index in [2.05, 4.69) is 20.1 Å². The van der Waals surface area contributed by atoms with Crippen LogP contribution in [0, 0.1) is 4.78 Å². The summed E-state index contributed by atoms with van der Waals surface area (Å²) < 4.78 is 64.0. The molecule has 4 heterocycles. The van der Waals surface area contributed by atoms with Gasteiger partial charge in [-0.2, -0.15) is 18.3 Å². The number of halogens is 3. The molecule has 162 valence electrons. The Morgan fingerprint density at radius 1 is 1.26 bits per heavy atom. The molecule has 0 aliphatic heterocycles. The van der Waals surface area contributed by atoms with E-state index < -0.39 is 21.5 Å². The third-order valence-electron chi connectivity index (χ3n) is 5.49. The van der Waals surface area contributed by atoms with Gasteiger partial charge < -0.3 is 4.57 Å². The Balaban J connectivity index is 1.84. The molecule has 1 N–H and O–H groups in total. The summed E-state index contributed by atoms with van der Waals surface area (Å²) in [5.41, 5.74) is 0.945. The number of aromatic nitrogens is 6. The van der Waals surface area contributed by atoms with Crippen LogP contribution in [0.3, 0.4) is 0 Å². The summed E-state index contributed by atoms with van der Waals surface area (Å²) in [6.07, 6.45) is -0.159. The van der Waals surface area contributed by atoms with Gasteiger partial charge in [0, 0.05) is 36.8 Å². The summed E-state index contributed by atoms with van der Waals surface area (Å²) in [7, 11) is -1.66. The topological polar surface area (TPSA) is 102 Å². The van der Waals surface area contributed by atoms with Gasteiger partial charge in [-0.1, -0.05) is 6.92 Å². The van der Waals surface area contributed by atoms with E-state index in [1.54, 1.807) is 24.7 Å². The van der Waals surface area contributed by atoms with Crippen molar-refractivity contribution < 1.29 is 17.4 Å². The normalized spacial score (nSPS) is 16.8. The van der Waals surface area contributed by atoms with Crippen molar-refractivity contribution in [2.24, 2.45) is 7.05 Å². The Morgan fingerprint density at radius 3 is 2.65 bits per heavy atom. The summed E-state index contributed by atoms with van der Waals surface area (Å²) in [6, 6.07) is 2.77. The number of hydrogen-bond donors (Lipinski definition) is 1. The maximum Gasteiger partial charge on any atom is 0.417 e. The van der Waals surface area contributed by atoms with Crippen molar-refractivity contribution in [3.05, 3.63) is 35.8 Å². The van der Waals surface area contributed by atoms with Crippen LogP contribution in [0.2, 0.25) is 0 Å². The molecule has 0 aromatic carbocycles. The Labute approximate surface area is 175 Å². The number of aryl methyl sites for hydroxylation is 1. The Kier molecular flexibility index (Phi) is 4.17. The van der Waals surface area contributed by atoms with E-state index in [0.717, 1.165) is 30.8 Å². The molecule has 12 heteroatoms. The SMILES string of the molecule is CC[S@](=N)(=O)c1nn2c(C3CC3)ccnc2c1-c1nc2cc(C(F)(F)F)cnc2n1C. The molecule has 0 bridgehead atoms. The lowest BCUT2D eigenvalue weighted by molar-refractivity contribution is -0.137. The second kappa shape index (κ2) is 6.49. The molecule has 4 aromatic heterocycles. The molecule has 4 aromatic rings. The Morgan fingerprint density at radius 2 is 2.00 bits per heavy atom.